The minimum atomic E-state index is -3.44. The lowest BCUT2D eigenvalue weighted by molar-refractivity contribution is 0.182. The number of sulfonamides is 1. The number of hydrogen-bond acceptors (Lipinski definition) is 4. The molecule has 1 rings (SSSR count). The van der Waals surface area contributed by atoms with Crippen LogP contribution in [0.15, 0.2) is 29.2 Å². The number of benzene rings is 1. The summed E-state index contributed by atoms with van der Waals surface area (Å²) in [5.41, 5.74) is 0.638. The summed E-state index contributed by atoms with van der Waals surface area (Å²) in [6, 6.07) is 7.88. The van der Waals surface area contributed by atoms with Gasteiger partial charge in [0.2, 0.25) is 10.0 Å². The molecule has 0 atom stereocenters. The fourth-order valence-electron chi connectivity index (χ4n) is 2.39. The molecule has 0 bridgehead atoms. The summed E-state index contributed by atoms with van der Waals surface area (Å²) >= 11 is 0. The van der Waals surface area contributed by atoms with Gasteiger partial charge in [-0.15, -0.1) is 0 Å². The summed E-state index contributed by atoms with van der Waals surface area (Å²) in [5, 5.41) is 3.23. The molecule has 21 heavy (non-hydrogen) atoms. The Morgan fingerprint density at radius 1 is 1.10 bits per heavy atom. The molecular weight excluding hydrogens is 286 g/mol. The second-order valence-electron chi connectivity index (χ2n) is 5.56. The lowest BCUT2D eigenvalue weighted by Gasteiger charge is -2.30. The Hall–Kier alpha value is -1.11. The average molecular weight is 313 g/mol. The second-order valence-corrected chi connectivity index (χ2v) is 7.41. The van der Waals surface area contributed by atoms with Gasteiger partial charge in [-0.1, -0.05) is 12.1 Å². The van der Waals surface area contributed by atoms with E-state index in [1.807, 2.05) is 6.07 Å². The Bertz CT molecular complexity index is 534. The van der Waals surface area contributed by atoms with E-state index in [0.29, 0.717) is 24.3 Å². The van der Waals surface area contributed by atoms with Crippen molar-refractivity contribution in [3.63, 3.8) is 0 Å². The van der Waals surface area contributed by atoms with Gasteiger partial charge in [-0.25, -0.2) is 13.1 Å². The van der Waals surface area contributed by atoms with Gasteiger partial charge >= 0.3 is 0 Å². The molecule has 120 valence electrons. The van der Waals surface area contributed by atoms with Crippen molar-refractivity contribution in [3.05, 3.63) is 24.3 Å². The van der Waals surface area contributed by atoms with E-state index >= 15 is 0 Å². The molecule has 0 amide bonds. The second kappa shape index (κ2) is 7.77. The number of nitrogens with one attached hydrogen (secondary N) is 2. The minimum Gasteiger partial charge on any atom is -0.383 e. The third-order valence-corrected chi connectivity index (χ3v) is 4.93. The molecule has 0 unspecified atom stereocenters. The Labute approximate surface area is 128 Å². The molecule has 0 saturated carbocycles. The van der Waals surface area contributed by atoms with Crippen LogP contribution in [0, 0.1) is 0 Å². The van der Waals surface area contributed by atoms with Crippen molar-refractivity contribution in [1.82, 2.24) is 9.62 Å². The number of nitrogens with zero attached hydrogens (tertiary/aromatic N) is 1. The fraction of sp³-hybridized carbons (Fsp3) is 0.600. The maximum atomic E-state index is 12.0. The van der Waals surface area contributed by atoms with Crippen LogP contribution < -0.4 is 10.0 Å². The first-order valence-electron chi connectivity index (χ1n) is 7.31. The summed E-state index contributed by atoms with van der Waals surface area (Å²) < 4.78 is 26.3. The van der Waals surface area contributed by atoms with E-state index in [1.165, 1.54) is 7.05 Å². The highest BCUT2D eigenvalue weighted by Gasteiger charge is 2.17. The van der Waals surface area contributed by atoms with Crippen LogP contribution in [0.25, 0.3) is 0 Å². The van der Waals surface area contributed by atoms with Gasteiger partial charge in [0.1, 0.15) is 4.90 Å². The Morgan fingerprint density at radius 3 is 2.19 bits per heavy atom. The predicted octanol–water partition coefficient (Wildman–Crippen LogP) is 2.13. The van der Waals surface area contributed by atoms with E-state index in [1.54, 1.807) is 18.2 Å². The van der Waals surface area contributed by atoms with Gasteiger partial charge in [-0.05, 0) is 46.9 Å². The topological polar surface area (TPSA) is 61.4 Å². The Kier molecular flexibility index (Phi) is 6.64. The van der Waals surface area contributed by atoms with E-state index in [4.69, 9.17) is 0 Å². The first-order chi connectivity index (χ1) is 9.79. The van der Waals surface area contributed by atoms with Crippen LogP contribution in [0.2, 0.25) is 0 Å². The molecule has 0 spiro atoms. The van der Waals surface area contributed by atoms with Gasteiger partial charge in [0.15, 0.2) is 0 Å². The molecule has 0 aromatic heterocycles. The van der Waals surface area contributed by atoms with E-state index in [9.17, 15) is 8.42 Å². The van der Waals surface area contributed by atoms with Crippen molar-refractivity contribution >= 4 is 15.7 Å². The third kappa shape index (κ3) is 4.98. The molecule has 0 fully saturated rings. The zero-order chi connectivity index (χ0) is 16.0. The van der Waals surface area contributed by atoms with Crippen molar-refractivity contribution in [2.75, 3.05) is 25.5 Å². The molecule has 1 aromatic rings. The highest BCUT2D eigenvalue weighted by atomic mass is 32.2. The third-order valence-electron chi connectivity index (χ3n) is 3.46. The quantitative estimate of drug-likeness (QED) is 0.772. The molecule has 0 radical (unpaired) electrons. The van der Waals surface area contributed by atoms with Crippen molar-refractivity contribution in [2.45, 2.75) is 44.7 Å². The summed E-state index contributed by atoms with van der Waals surface area (Å²) in [7, 11) is -2.02. The molecule has 6 heteroatoms. The monoisotopic (exact) mass is 313 g/mol. The van der Waals surface area contributed by atoms with Crippen LogP contribution >= 0.6 is 0 Å². The largest absolute Gasteiger partial charge is 0.383 e. The van der Waals surface area contributed by atoms with E-state index < -0.39 is 10.0 Å². The molecular formula is C15H27N3O2S. The maximum Gasteiger partial charge on any atom is 0.242 e. The van der Waals surface area contributed by atoms with Crippen molar-refractivity contribution in [1.29, 1.82) is 0 Å². The molecule has 0 saturated heterocycles. The Balaban J connectivity index is 2.77. The highest BCUT2D eigenvalue weighted by Crippen LogP contribution is 2.20. The van der Waals surface area contributed by atoms with E-state index in [0.717, 1.165) is 6.54 Å². The number of para-hydroxylation sites is 1. The minimum absolute atomic E-state index is 0.285. The van der Waals surface area contributed by atoms with Crippen LogP contribution in [-0.2, 0) is 10.0 Å². The average Bonchev–Trinajstić information content (AvgIpc) is 2.43. The van der Waals surface area contributed by atoms with Crippen molar-refractivity contribution in [3.8, 4) is 0 Å². The van der Waals surface area contributed by atoms with Gasteiger partial charge in [0.05, 0.1) is 5.69 Å². The number of hydrogen-bond donors (Lipinski definition) is 2. The lowest BCUT2D eigenvalue weighted by Crippen LogP contribution is -2.40. The summed E-state index contributed by atoms with van der Waals surface area (Å²) in [6.45, 7) is 10.2. The zero-order valence-electron chi connectivity index (χ0n) is 13.6. The SMILES string of the molecule is CNS(=O)(=O)c1ccccc1NCCN(C(C)C)C(C)C. The van der Waals surface area contributed by atoms with Crippen LogP contribution in [-0.4, -0.2) is 45.5 Å². The summed E-state index contributed by atoms with van der Waals surface area (Å²) in [5.74, 6) is 0. The molecule has 0 heterocycles. The maximum absolute atomic E-state index is 12.0. The van der Waals surface area contributed by atoms with Gasteiger partial charge in [0, 0.05) is 25.2 Å². The standard InChI is InChI=1S/C15H27N3O2S/c1-12(2)18(13(3)4)11-10-17-14-8-6-7-9-15(14)21(19,20)16-5/h6-9,12-13,16-17H,10-11H2,1-5H3. The molecule has 2 N–H and O–H groups in total. The Morgan fingerprint density at radius 2 is 1.67 bits per heavy atom. The van der Waals surface area contributed by atoms with E-state index in [-0.39, 0.29) is 4.90 Å². The summed E-state index contributed by atoms with van der Waals surface area (Å²) in [6.07, 6.45) is 0. The van der Waals surface area contributed by atoms with Crippen LogP contribution in [0.1, 0.15) is 27.7 Å². The number of anilines is 1. The smallest absolute Gasteiger partial charge is 0.242 e. The van der Waals surface area contributed by atoms with Gasteiger partial charge < -0.3 is 5.32 Å². The fourth-order valence-corrected chi connectivity index (χ4v) is 3.30. The van der Waals surface area contributed by atoms with Gasteiger partial charge in [-0.3, -0.25) is 4.90 Å². The normalized spacial score (nSPS) is 12.4. The molecule has 0 aliphatic rings. The highest BCUT2D eigenvalue weighted by molar-refractivity contribution is 7.89. The van der Waals surface area contributed by atoms with Crippen LogP contribution in [0.3, 0.4) is 0 Å². The van der Waals surface area contributed by atoms with Crippen LogP contribution in [0.4, 0.5) is 5.69 Å². The van der Waals surface area contributed by atoms with Gasteiger partial charge in [0.25, 0.3) is 0 Å². The summed E-state index contributed by atoms with van der Waals surface area (Å²) in [4.78, 5) is 2.65. The first kappa shape index (κ1) is 17.9. The number of rotatable bonds is 8. The molecule has 0 aliphatic heterocycles. The lowest BCUT2D eigenvalue weighted by atomic mass is 10.2. The molecule has 0 aliphatic carbocycles. The zero-order valence-corrected chi connectivity index (χ0v) is 14.4. The molecule has 5 nitrogen and oxygen atoms in total. The predicted molar refractivity (Wildman–Crippen MR) is 88.2 cm³/mol. The molecule has 1 aromatic carbocycles. The van der Waals surface area contributed by atoms with Crippen LogP contribution in [0.5, 0.6) is 0 Å². The van der Waals surface area contributed by atoms with Gasteiger partial charge in [-0.2, -0.15) is 0 Å². The van der Waals surface area contributed by atoms with Crippen molar-refractivity contribution < 1.29 is 8.42 Å². The van der Waals surface area contributed by atoms with Crippen molar-refractivity contribution in [2.24, 2.45) is 0 Å². The first-order valence-corrected chi connectivity index (χ1v) is 8.80. The van der Waals surface area contributed by atoms with E-state index in [2.05, 4.69) is 42.6 Å².